The van der Waals surface area contributed by atoms with Crippen molar-refractivity contribution in [2.75, 3.05) is 25.2 Å². The summed E-state index contributed by atoms with van der Waals surface area (Å²) in [5.41, 5.74) is 0.621. The summed E-state index contributed by atoms with van der Waals surface area (Å²) in [5.74, 6) is 0.403. The predicted molar refractivity (Wildman–Crippen MR) is 76.2 cm³/mol. The summed E-state index contributed by atoms with van der Waals surface area (Å²) < 4.78 is 29.5. The Hall–Kier alpha value is -1.60. The first kappa shape index (κ1) is 14.8. The van der Waals surface area contributed by atoms with E-state index in [-0.39, 0.29) is 5.91 Å². The summed E-state index contributed by atoms with van der Waals surface area (Å²) >= 11 is 0. The van der Waals surface area contributed by atoms with E-state index in [1.165, 1.54) is 4.31 Å². The van der Waals surface area contributed by atoms with Gasteiger partial charge in [0, 0.05) is 12.2 Å². The first-order valence-electron chi connectivity index (χ1n) is 6.33. The molecule has 20 heavy (non-hydrogen) atoms. The van der Waals surface area contributed by atoms with Gasteiger partial charge in [0.2, 0.25) is 15.9 Å². The minimum atomic E-state index is -3.35. The molecular weight excluding hydrogens is 280 g/mol. The number of carbonyl (C=O) groups excluding carboxylic acids is 1. The summed E-state index contributed by atoms with van der Waals surface area (Å²) in [4.78, 5) is 12.2. The van der Waals surface area contributed by atoms with Crippen LogP contribution < -0.4 is 10.1 Å². The molecule has 110 valence electrons. The van der Waals surface area contributed by atoms with Crippen molar-refractivity contribution in [1.29, 1.82) is 0 Å². The molecule has 1 aromatic rings. The largest absolute Gasteiger partial charge is 0.497 e. The third-order valence-electron chi connectivity index (χ3n) is 3.29. The highest BCUT2D eigenvalue weighted by Gasteiger charge is 2.36. The molecule has 0 saturated carbocycles. The molecule has 0 spiro atoms. The second kappa shape index (κ2) is 5.80. The van der Waals surface area contributed by atoms with Crippen molar-refractivity contribution < 1.29 is 17.9 Å². The number of carbonyl (C=O) groups is 1. The molecule has 0 bridgehead atoms. The lowest BCUT2D eigenvalue weighted by atomic mass is 10.2. The lowest BCUT2D eigenvalue weighted by Gasteiger charge is -2.21. The number of anilines is 1. The molecule has 1 saturated heterocycles. The number of hydrogen-bond acceptors (Lipinski definition) is 4. The molecule has 1 aliphatic heterocycles. The lowest BCUT2D eigenvalue weighted by molar-refractivity contribution is -0.119. The Morgan fingerprint density at radius 3 is 2.55 bits per heavy atom. The Labute approximate surface area is 118 Å². The molecular formula is C13H18N2O4S. The van der Waals surface area contributed by atoms with Crippen LogP contribution in [-0.2, 0) is 14.8 Å². The molecule has 1 aliphatic rings. The molecule has 0 unspecified atom stereocenters. The van der Waals surface area contributed by atoms with Crippen LogP contribution in [0.4, 0.5) is 5.69 Å². The van der Waals surface area contributed by atoms with Gasteiger partial charge < -0.3 is 10.1 Å². The molecule has 0 aliphatic carbocycles. The molecule has 2 rings (SSSR count). The highest BCUT2D eigenvalue weighted by atomic mass is 32.2. The van der Waals surface area contributed by atoms with Crippen molar-refractivity contribution >= 4 is 21.6 Å². The standard InChI is InChI=1S/C13H18N2O4S/c1-19-11-7-5-10(6-8-11)14-13(16)12-4-3-9-15(12)20(2,17)18/h5-8,12H,3-4,9H2,1-2H3,(H,14,16)/t12-/m0/s1. The van der Waals surface area contributed by atoms with E-state index < -0.39 is 16.1 Å². The number of ether oxygens (including phenoxy) is 1. The van der Waals surface area contributed by atoms with E-state index in [9.17, 15) is 13.2 Å². The van der Waals surface area contributed by atoms with Crippen molar-refractivity contribution in [2.45, 2.75) is 18.9 Å². The molecule has 1 heterocycles. The number of methoxy groups -OCH3 is 1. The van der Waals surface area contributed by atoms with Crippen LogP contribution in [0.25, 0.3) is 0 Å². The third kappa shape index (κ3) is 3.29. The van der Waals surface area contributed by atoms with E-state index in [1.54, 1.807) is 31.4 Å². The highest BCUT2D eigenvalue weighted by molar-refractivity contribution is 7.88. The van der Waals surface area contributed by atoms with E-state index in [2.05, 4.69) is 5.32 Å². The second-order valence-corrected chi connectivity index (χ2v) is 6.68. The van der Waals surface area contributed by atoms with Gasteiger partial charge in [-0.05, 0) is 37.1 Å². The zero-order chi connectivity index (χ0) is 14.8. The van der Waals surface area contributed by atoms with Gasteiger partial charge >= 0.3 is 0 Å². The smallest absolute Gasteiger partial charge is 0.242 e. The maximum Gasteiger partial charge on any atom is 0.242 e. The van der Waals surface area contributed by atoms with Gasteiger partial charge in [0.25, 0.3) is 0 Å². The maximum atomic E-state index is 12.2. The van der Waals surface area contributed by atoms with Crippen LogP contribution in [0.1, 0.15) is 12.8 Å². The van der Waals surface area contributed by atoms with Gasteiger partial charge in [-0.15, -0.1) is 0 Å². The molecule has 0 aromatic heterocycles. The second-order valence-electron chi connectivity index (χ2n) is 4.75. The number of nitrogens with one attached hydrogen (secondary N) is 1. The molecule has 1 atom stereocenters. The SMILES string of the molecule is COc1ccc(NC(=O)[C@@H]2CCCN2S(C)(=O)=O)cc1. The number of sulfonamides is 1. The van der Waals surface area contributed by atoms with Gasteiger partial charge in [-0.3, -0.25) is 4.79 Å². The van der Waals surface area contributed by atoms with Crippen LogP contribution in [0.5, 0.6) is 5.75 Å². The monoisotopic (exact) mass is 298 g/mol. The van der Waals surface area contributed by atoms with Crippen molar-refractivity contribution in [3.8, 4) is 5.75 Å². The van der Waals surface area contributed by atoms with E-state index in [0.29, 0.717) is 30.8 Å². The number of nitrogens with zero attached hydrogens (tertiary/aromatic N) is 1. The Kier molecular flexibility index (Phi) is 4.29. The molecule has 1 aromatic carbocycles. The molecule has 1 fully saturated rings. The topological polar surface area (TPSA) is 75.7 Å². The number of amides is 1. The van der Waals surface area contributed by atoms with Crippen LogP contribution in [0, 0.1) is 0 Å². The van der Waals surface area contributed by atoms with Crippen molar-refractivity contribution in [2.24, 2.45) is 0 Å². The first-order chi connectivity index (χ1) is 9.41. The fraction of sp³-hybridized carbons (Fsp3) is 0.462. The van der Waals surface area contributed by atoms with Gasteiger partial charge in [0.1, 0.15) is 11.8 Å². The summed E-state index contributed by atoms with van der Waals surface area (Å²) in [6.07, 6.45) is 2.38. The molecule has 7 heteroatoms. The van der Waals surface area contributed by atoms with Crippen LogP contribution >= 0.6 is 0 Å². The van der Waals surface area contributed by atoms with Gasteiger partial charge in [0.15, 0.2) is 0 Å². The number of hydrogen-bond donors (Lipinski definition) is 1. The highest BCUT2D eigenvalue weighted by Crippen LogP contribution is 2.22. The van der Waals surface area contributed by atoms with Crippen molar-refractivity contribution in [3.05, 3.63) is 24.3 Å². The van der Waals surface area contributed by atoms with E-state index in [4.69, 9.17) is 4.74 Å². The van der Waals surface area contributed by atoms with Crippen molar-refractivity contribution in [3.63, 3.8) is 0 Å². The number of rotatable bonds is 4. The van der Waals surface area contributed by atoms with E-state index in [1.807, 2.05) is 0 Å². The predicted octanol–water partition coefficient (Wildman–Crippen LogP) is 1.06. The van der Waals surface area contributed by atoms with Crippen LogP contribution in [0.15, 0.2) is 24.3 Å². The van der Waals surface area contributed by atoms with Gasteiger partial charge in [-0.1, -0.05) is 0 Å². The summed E-state index contributed by atoms with van der Waals surface area (Å²) in [6.45, 7) is 0.402. The summed E-state index contributed by atoms with van der Waals surface area (Å²) in [5, 5.41) is 2.74. The molecule has 1 amide bonds. The average Bonchev–Trinajstić information content (AvgIpc) is 2.89. The van der Waals surface area contributed by atoms with Gasteiger partial charge in [0.05, 0.1) is 13.4 Å². The number of benzene rings is 1. The fourth-order valence-corrected chi connectivity index (χ4v) is 3.42. The normalized spacial score (nSPS) is 19.8. The maximum absolute atomic E-state index is 12.2. The Bertz CT molecular complexity index is 583. The first-order valence-corrected chi connectivity index (χ1v) is 8.18. The zero-order valence-electron chi connectivity index (χ0n) is 11.5. The van der Waals surface area contributed by atoms with Crippen LogP contribution in [0.3, 0.4) is 0 Å². The average molecular weight is 298 g/mol. The van der Waals surface area contributed by atoms with Crippen molar-refractivity contribution in [1.82, 2.24) is 4.31 Å². The van der Waals surface area contributed by atoms with Gasteiger partial charge in [-0.2, -0.15) is 4.31 Å². The molecule has 1 N–H and O–H groups in total. The minimum absolute atomic E-state index is 0.293. The van der Waals surface area contributed by atoms with Crippen LogP contribution in [-0.4, -0.2) is 44.6 Å². The quantitative estimate of drug-likeness (QED) is 0.902. The zero-order valence-corrected chi connectivity index (χ0v) is 12.3. The summed E-state index contributed by atoms with van der Waals surface area (Å²) in [6, 6.07) is 6.29. The Morgan fingerprint density at radius 2 is 2.00 bits per heavy atom. The summed E-state index contributed by atoms with van der Waals surface area (Å²) in [7, 11) is -1.78. The molecule has 0 radical (unpaired) electrons. The fourth-order valence-electron chi connectivity index (χ4n) is 2.30. The third-order valence-corrected chi connectivity index (χ3v) is 4.58. The van der Waals surface area contributed by atoms with E-state index in [0.717, 1.165) is 6.26 Å². The van der Waals surface area contributed by atoms with Crippen LogP contribution in [0.2, 0.25) is 0 Å². The lowest BCUT2D eigenvalue weighted by Crippen LogP contribution is -2.42. The van der Waals surface area contributed by atoms with Gasteiger partial charge in [-0.25, -0.2) is 8.42 Å². The van der Waals surface area contributed by atoms with E-state index >= 15 is 0 Å². The Balaban J connectivity index is 2.07. The minimum Gasteiger partial charge on any atom is -0.497 e. The molecule has 6 nitrogen and oxygen atoms in total. The Morgan fingerprint density at radius 1 is 1.35 bits per heavy atom.